The second kappa shape index (κ2) is 8.04. The Morgan fingerprint density at radius 1 is 0.750 bits per heavy atom. The van der Waals surface area contributed by atoms with E-state index in [9.17, 15) is 20.4 Å². The van der Waals surface area contributed by atoms with Gasteiger partial charge in [0.2, 0.25) is 0 Å². The van der Waals surface area contributed by atoms with Crippen molar-refractivity contribution in [3.8, 4) is 11.5 Å². The summed E-state index contributed by atoms with van der Waals surface area (Å²) in [5.41, 5.74) is 1.36. The number of hydrogen-bond acceptors (Lipinski definition) is 8. The van der Waals surface area contributed by atoms with Gasteiger partial charge in [0.25, 0.3) is 0 Å². The van der Waals surface area contributed by atoms with E-state index >= 15 is 0 Å². The molecule has 6 atom stereocenters. The molecule has 4 rings (SSSR count). The van der Waals surface area contributed by atoms with Crippen LogP contribution >= 0.6 is 0 Å². The number of rotatable bonds is 4. The molecule has 2 unspecified atom stereocenters. The van der Waals surface area contributed by atoms with Crippen LogP contribution in [0.3, 0.4) is 0 Å². The first-order chi connectivity index (χ1) is 13.5. The van der Waals surface area contributed by atoms with Crippen LogP contribution in [0, 0.1) is 0 Å². The van der Waals surface area contributed by atoms with E-state index in [0.29, 0.717) is 11.1 Å². The van der Waals surface area contributed by atoms with Crippen molar-refractivity contribution in [2.45, 2.75) is 37.0 Å². The molecule has 28 heavy (non-hydrogen) atoms. The van der Waals surface area contributed by atoms with Crippen molar-refractivity contribution < 1.29 is 39.4 Å². The van der Waals surface area contributed by atoms with Gasteiger partial charge in [0.05, 0.1) is 13.2 Å². The number of hydrogen-bond donors (Lipinski definition) is 4. The van der Waals surface area contributed by atoms with Crippen LogP contribution < -0.4 is 0 Å². The van der Waals surface area contributed by atoms with E-state index in [-0.39, 0.29) is 24.7 Å². The summed E-state index contributed by atoms with van der Waals surface area (Å²) in [6.45, 7) is -0.283. The van der Waals surface area contributed by atoms with Crippen LogP contribution in [0.25, 0.3) is 0 Å². The lowest BCUT2D eigenvalue weighted by Crippen LogP contribution is -2.51. The average molecular weight is 390 g/mol. The van der Waals surface area contributed by atoms with Crippen LogP contribution in [-0.2, 0) is 18.9 Å². The summed E-state index contributed by atoms with van der Waals surface area (Å²) in [6, 6.07) is 12.7. The van der Waals surface area contributed by atoms with Crippen molar-refractivity contribution in [1.82, 2.24) is 0 Å². The summed E-state index contributed by atoms with van der Waals surface area (Å²) in [5, 5.41) is 39.0. The van der Waals surface area contributed by atoms with Crippen LogP contribution in [0.5, 0.6) is 11.5 Å². The molecule has 0 spiro atoms. The summed E-state index contributed by atoms with van der Waals surface area (Å²) >= 11 is 0. The van der Waals surface area contributed by atoms with Crippen molar-refractivity contribution in [2.24, 2.45) is 0 Å². The molecular weight excluding hydrogens is 368 g/mol. The number of aliphatic hydroxyl groups is 2. The highest BCUT2D eigenvalue weighted by molar-refractivity contribution is 5.28. The number of ether oxygens (including phenoxy) is 4. The number of benzene rings is 2. The minimum absolute atomic E-state index is 0.0259. The van der Waals surface area contributed by atoms with Gasteiger partial charge in [0.15, 0.2) is 12.6 Å². The van der Waals surface area contributed by atoms with Gasteiger partial charge >= 0.3 is 0 Å². The summed E-state index contributed by atoms with van der Waals surface area (Å²) < 4.78 is 23.2. The molecule has 150 valence electrons. The topological polar surface area (TPSA) is 118 Å². The number of aromatic hydroxyl groups is 2. The zero-order valence-corrected chi connectivity index (χ0v) is 14.9. The Morgan fingerprint density at radius 2 is 1.29 bits per heavy atom. The van der Waals surface area contributed by atoms with E-state index < -0.39 is 37.0 Å². The molecule has 2 heterocycles. The monoisotopic (exact) mass is 390 g/mol. The van der Waals surface area contributed by atoms with Gasteiger partial charge in [0.1, 0.15) is 35.9 Å². The second-order valence-electron chi connectivity index (χ2n) is 6.81. The normalized spacial score (nSPS) is 33.1. The highest BCUT2D eigenvalue weighted by Gasteiger charge is 2.47. The third-order valence-corrected chi connectivity index (χ3v) is 4.86. The van der Waals surface area contributed by atoms with Crippen molar-refractivity contribution in [3.05, 3.63) is 59.7 Å². The largest absolute Gasteiger partial charge is 0.508 e. The molecule has 8 heteroatoms. The molecule has 4 N–H and O–H groups in total. The molecule has 0 aromatic heterocycles. The van der Waals surface area contributed by atoms with Crippen molar-refractivity contribution >= 4 is 0 Å². The third kappa shape index (κ3) is 3.83. The van der Waals surface area contributed by atoms with E-state index in [4.69, 9.17) is 18.9 Å². The molecule has 2 aromatic carbocycles. The lowest BCUT2D eigenvalue weighted by atomic mass is 10.0. The van der Waals surface area contributed by atoms with E-state index in [1.807, 2.05) is 0 Å². The van der Waals surface area contributed by atoms with E-state index in [0.717, 1.165) is 0 Å². The number of aliphatic hydroxyl groups excluding tert-OH is 2. The van der Waals surface area contributed by atoms with Crippen molar-refractivity contribution in [2.75, 3.05) is 13.2 Å². The van der Waals surface area contributed by atoms with Gasteiger partial charge in [-0.3, -0.25) is 0 Å². The lowest BCUT2D eigenvalue weighted by molar-refractivity contribution is -0.279. The molecule has 0 aliphatic carbocycles. The van der Waals surface area contributed by atoms with E-state index in [1.54, 1.807) is 24.3 Å². The van der Waals surface area contributed by atoms with Gasteiger partial charge in [0, 0.05) is 11.1 Å². The molecule has 0 amide bonds. The summed E-state index contributed by atoms with van der Waals surface area (Å²) in [4.78, 5) is 0. The summed E-state index contributed by atoms with van der Waals surface area (Å²) in [7, 11) is 0. The Kier molecular flexibility index (Phi) is 5.49. The fraction of sp³-hybridized carbons (Fsp3) is 0.400. The maximum atomic E-state index is 10.4. The standard InChI is InChI=1S/C20H22O8/c21-9-16-18(28-20(26-16)12-3-7-14(23)8-4-12)17-15(24)10-25-19(27-17)11-1-5-13(22)6-2-11/h1-8,15-24H,9-10H2/t15-,16+,17+,18+,19?,20?/m1/s1. The van der Waals surface area contributed by atoms with Crippen LogP contribution in [0.4, 0.5) is 0 Å². The Bertz CT molecular complexity index is 734. The summed E-state index contributed by atoms with van der Waals surface area (Å²) in [6.07, 6.45) is -4.67. The molecular formula is C20H22O8. The van der Waals surface area contributed by atoms with Gasteiger partial charge in [-0.2, -0.15) is 0 Å². The first-order valence-corrected chi connectivity index (χ1v) is 9.00. The molecule has 2 aliphatic rings. The number of phenols is 2. The Labute approximate surface area is 161 Å². The molecule has 2 aliphatic heterocycles. The van der Waals surface area contributed by atoms with Crippen LogP contribution in [0.2, 0.25) is 0 Å². The maximum Gasteiger partial charge on any atom is 0.184 e. The van der Waals surface area contributed by atoms with Crippen LogP contribution in [0.1, 0.15) is 23.7 Å². The predicted molar refractivity (Wildman–Crippen MR) is 95.4 cm³/mol. The fourth-order valence-corrected chi connectivity index (χ4v) is 3.38. The van der Waals surface area contributed by atoms with Crippen LogP contribution in [-0.4, -0.2) is 58.1 Å². The Hall–Kier alpha value is -2.20. The van der Waals surface area contributed by atoms with E-state index in [1.165, 1.54) is 24.3 Å². The average Bonchev–Trinajstić information content (AvgIpc) is 3.14. The molecule has 0 radical (unpaired) electrons. The Balaban J connectivity index is 1.51. The van der Waals surface area contributed by atoms with Crippen molar-refractivity contribution in [3.63, 3.8) is 0 Å². The quantitative estimate of drug-likeness (QED) is 0.618. The fourth-order valence-electron chi connectivity index (χ4n) is 3.38. The lowest BCUT2D eigenvalue weighted by Gasteiger charge is -2.37. The first kappa shape index (κ1) is 19.1. The smallest absolute Gasteiger partial charge is 0.184 e. The predicted octanol–water partition coefficient (Wildman–Crippen LogP) is 1.35. The minimum atomic E-state index is -0.963. The minimum Gasteiger partial charge on any atom is -0.508 e. The third-order valence-electron chi connectivity index (χ3n) is 4.86. The highest BCUT2D eigenvalue weighted by Crippen LogP contribution is 2.38. The van der Waals surface area contributed by atoms with Gasteiger partial charge in [-0.15, -0.1) is 0 Å². The van der Waals surface area contributed by atoms with Gasteiger partial charge in [-0.05, 0) is 24.3 Å². The van der Waals surface area contributed by atoms with Gasteiger partial charge < -0.3 is 39.4 Å². The summed E-state index contributed by atoms with van der Waals surface area (Å²) in [5.74, 6) is 0.248. The number of phenolic OH excluding ortho intramolecular Hbond substituents is 2. The Morgan fingerprint density at radius 3 is 1.86 bits per heavy atom. The second-order valence-corrected chi connectivity index (χ2v) is 6.81. The zero-order chi connectivity index (χ0) is 19.7. The SMILES string of the molecule is OC[C@@H]1OC(c2ccc(O)cc2)O[C@@H]1[C@H]1OC(c2ccc(O)cc2)OC[C@H]1O. The molecule has 0 saturated carbocycles. The molecule has 8 nitrogen and oxygen atoms in total. The van der Waals surface area contributed by atoms with Gasteiger partial charge in [-0.1, -0.05) is 24.3 Å². The zero-order valence-electron chi connectivity index (χ0n) is 14.9. The molecule has 2 aromatic rings. The molecule has 2 fully saturated rings. The van der Waals surface area contributed by atoms with Crippen LogP contribution in [0.15, 0.2) is 48.5 Å². The molecule has 0 bridgehead atoms. The molecule has 2 saturated heterocycles. The van der Waals surface area contributed by atoms with E-state index in [2.05, 4.69) is 0 Å². The highest BCUT2D eigenvalue weighted by atomic mass is 16.8. The van der Waals surface area contributed by atoms with Gasteiger partial charge in [-0.25, -0.2) is 0 Å². The van der Waals surface area contributed by atoms with Crippen molar-refractivity contribution in [1.29, 1.82) is 0 Å². The first-order valence-electron chi connectivity index (χ1n) is 9.00. The maximum absolute atomic E-state index is 10.4.